The molecule has 0 saturated carbocycles. The van der Waals surface area contributed by atoms with Gasteiger partial charge in [0.2, 0.25) is 5.91 Å². The van der Waals surface area contributed by atoms with Gasteiger partial charge in [-0.1, -0.05) is 36.4 Å². The SMILES string of the molecule is CN(C(=O)[C@@H]1CC=CCC1)C1Cc2ccccc2C1. The van der Waals surface area contributed by atoms with Crippen LogP contribution < -0.4 is 0 Å². The van der Waals surface area contributed by atoms with Crippen LogP contribution >= 0.6 is 0 Å². The summed E-state index contributed by atoms with van der Waals surface area (Å²) in [4.78, 5) is 14.5. The molecule has 0 N–H and O–H groups in total. The van der Waals surface area contributed by atoms with E-state index >= 15 is 0 Å². The van der Waals surface area contributed by atoms with Crippen molar-refractivity contribution >= 4 is 5.91 Å². The average molecular weight is 255 g/mol. The predicted octanol–water partition coefficient (Wildman–Crippen LogP) is 2.97. The Kier molecular flexibility index (Phi) is 3.41. The molecule has 3 rings (SSSR count). The summed E-state index contributed by atoms with van der Waals surface area (Å²) in [5.41, 5.74) is 2.83. The number of amides is 1. The fourth-order valence-corrected chi connectivity index (χ4v) is 3.30. The van der Waals surface area contributed by atoms with E-state index in [1.807, 2.05) is 11.9 Å². The fourth-order valence-electron chi connectivity index (χ4n) is 3.30. The Bertz CT molecular complexity index is 481. The number of allylic oxidation sites excluding steroid dienone is 2. The number of carbonyl (C=O) groups is 1. The Hall–Kier alpha value is -1.57. The minimum atomic E-state index is 0.207. The molecule has 1 aromatic rings. The van der Waals surface area contributed by atoms with E-state index in [0.717, 1.165) is 32.1 Å². The third-order valence-corrected chi connectivity index (χ3v) is 4.54. The molecule has 1 amide bonds. The molecule has 0 aliphatic heterocycles. The first-order valence-corrected chi connectivity index (χ1v) is 7.24. The molecule has 0 fully saturated rings. The predicted molar refractivity (Wildman–Crippen MR) is 76.9 cm³/mol. The van der Waals surface area contributed by atoms with Crippen molar-refractivity contribution < 1.29 is 4.79 Å². The molecule has 0 saturated heterocycles. The molecule has 0 bridgehead atoms. The second-order valence-corrected chi connectivity index (χ2v) is 5.76. The summed E-state index contributed by atoms with van der Waals surface area (Å²) in [6.07, 6.45) is 9.36. The van der Waals surface area contributed by atoms with Gasteiger partial charge in [0.25, 0.3) is 0 Å². The third-order valence-electron chi connectivity index (χ3n) is 4.54. The molecule has 2 aliphatic rings. The van der Waals surface area contributed by atoms with E-state index in [1.165, 1.54) is 11.1 Å². The van der Waals surface area contributed by atoms with Crippen molar-refractivity contribution in [1.82, 2.24) is 4.90 Å². The first-order valence-electron chi connectivity index (χ1n) is 7.24. The second-order valence-electron chi connectivity index (χ2n) is 5.76. The van der Waals surface area contributed by atoms with Crippen LogP contribution in [0, 0.1) is 5.92 Å². The normalized spacial score (nSPS) is 22.3. The maximum Gasteiger partial charge on any atom is 0.226 e. The van der Waals surface area contributed by atoms with Crippen molar-refractivity contribution in [1.29, 1.82) is 0 Å². The molecule has 2 aliphatic carbocycles. The van der Waals surface area contributed by atoms with Crippen molar-refractivity contribution in [2.45, 2.75) is 38.1 Å². The van der Waals surface area contributed by atoms with Crippen molar-refractivity contribution in [2.24, 2.45) is 5.92 Å². The summed E-state index contributed by atoms with van der Waals surface area (Å²) >= 11 is 0. The number of nitrogens with zero attached hydrogens (tertiary/aromatic N) is 1. The molecule has 19 heavy (non-hydrogen) atoms. The smallest absolute Gasteiger partial charge is 0.226 e. The molecule has 0 aromatic heterocycles. The summed E-state index contributed by atoms with van der Waals surface area (Å²) in [6, 6.07) is 8.92. The van der Waals surface area contributed by atoms with Crippen LogP contribution in [0.2, 0.25) is 0 Å². The van der Waals surface area contributed by atoms with Crippen LogP contribution in [0.3, 0.4) is 0 Å². The number of benzene rings is 1. The molecular formula is C17H21NO. The second kappa shape index (κ2) is 5.20. The molecule has 2 nitrogen and oxygen atoms in total. The maximum absolute atomic E-state index is 12.5. The monoisotopic (exact) mass is 255 g/mol. The van der Waals surface area contributed by atoms with Crippen LogP contribution in [0.15, 0.2) is 36.4 Å². The highest BCUT2D eigenvalue weighted by Gasteiger charge is 2.30. The van der Waals surface area contributed by atoms with E-state index in [9.17, 15) is 4.79 Å². The van der Waals surface area contributed by atoms with Crippen molar-refractivity contribution in [3.8, 4) is 0 Å². The molecule has 2 heteroatoms. The lowest BCUT2D eigenvalue weighted by molar-refractivity contribution is -0.136. The number of hydrogen-bond acceptors (Lipinski definition) is 1. The Balaban J connectivity index is 1.67. The number of carbonyl (C=O) groups excluding carboxylic acids is 1. The highest BCUT2D eigenvalue weighted by molar-refractivity contribution is 5.79. The lowest BCUT2D eigenvalue weighted by Crippen LogP contribution is -2.41. The summed E-state index contributed by atoms with van der Waals surface area (Å²) in [6.45, 7) is 0. The van der Waals surface area contributed by atoms with E-state index in [-0.39, 0.29) is 5.92 Å². The lowest BCUT2D eigenvalue weighted by atomic mass is 9.92. The summed E-state index contributed by atoms with van der Waals surface area (Å²) in [5.74, 6) is 0.542. The zero-order valence-corrected chi connectivity index (χ0v) is 11.5. The Labute approximate surface area is 115 Å². The molecule has 0 unspecified atom stereocenters. The molecule has 0 radical (unpaired) electrons. The molecule has 1 atom stereocenters. The van der Waals surface area contributed by atoms with Gasteiger partial charge in [0.05, 0.1) is 0 Å². The van der Waals surface area contributed by atoms with Crippen LogP contribution in [0.1, 0.15) is 30.4 Å². The molecular weight excluding hydrogens is 234 g/mol. The highest BCUT2D eigenvalue weighted by Crippen LogP contribution is 2.27. The van der Waals surface area contributed by atoms with Gasteiger partial charge in [0.1, 0.15) is 0 Å². The van der Waals surface area contributed by atoms with Crippen molar-refractivity contribution in [3.63, 3.8) is 0 Å². The van der Waals surface area contributed by atoms with E-state index < -0.39 is 0 Å². The van der Waals surface area contributed by atoms with Gasteiger partial charge in [0, 0.05) is 19.0 Å². The maximum atomic E-state index is 12.5. The van der Waals surface area contributed by atoms with E-state index in [0.29, 0.717) is 11.9 Å². The summed E-state index contributed by atoms with van der Waals surface area (Å²) in [5, 5.41) is 0. The topological polar surface area (TPSA) is 20.3 Å². The van der Waals surface area contributed by atoms with Gasteiger partial charge >= 0.3 is 0 Å². The van der Waals surface area contributed by atoms with Crippen molar-refractivity contribution in [3.05, 3.63) is 47.5 Å². The fraction of sp³-hybridized carbons (Fsp3) is 0.471. The van der Waals surface area contributed by atoms with Gasteiger partial charge in [0.15, 0.2) is 0 Å². The van der Waals surface area contributed by atoms with Crippen LogP contribution in [-0.4, -0.2) is 23.9 Å². The Morgan fingerprint density at radius 3 is 2.42 bits per heavy atom. The van der Waals surface area contributed by atoms with E-state index in [4.69, 9.17) is 0 Å². The van der Waals surface area contributed by atoms with Gasteiger partial charge < -0.3 is 4.90 Å². The van der Waals surface area contributed by atoms with Crippen LogP contribution in [0.4, 0.5) is 0 Å². The lowest BCUT2D eigenvalue weighted by Gasteiger charge is -2.29. The molecule has 100 valence electrons. The average Bonchev–Trinajstić information content (AvgIpc) is 2.90. The standard InChI is InChI=1S/C17H21NO/c1-18(17(19)13-7-3-2-4-8-13)16-11-14-9-5-6-10-15(14)12-16/h2-3,5-6,9-10,13,16H,4,7-8,11-12H2,1H3/t13-/m1/s1. The molecule has 0 heterocycles. The van der Waals surface area contributed by atoms with Gasteiger partial charge in [-0.15, -0.1) is 0 Å². The number of rotatable bonds is 2. The quantitative estimate of drug-likeness (QED) is 0.744. The van der Waals surface area contributed by atoms with Gasteiger partial charge in [-0.2, -0.15) is 0 Å². The zero-order chi connectivity index (χ0) is 13.2. The summed E-state index contributed by atoms with van der Waals surface area (Å²) in [7, 11) is 1.98. The van der Waals surface area contributed by atoms with Crippen LogP contribution in [-0.2, 0) is 17.6 Å². The number of fused-ring (bicyclic) bond motifs is 1. The highest BCUT2D eigenvalue weighted by atomic mass is 16.2. The third kappa shape index (κ3) is 2.44. The number of hydrogen-bond donors (Lipinski definition) is 0. The van der Waals surface area contributed by atoms with Crippen molar-refractivity contribution in [2.75, 3.05) is 7.05 Å². The Morgan fingerprint density at radius 2 is 1.84 bits per heavy atom. The van der Waals surface area contributed by atoms with Gasteiger partial charge in [-0.05, 0) is 43.2 Å². The van der Waals surface area contributed by atoms with Gasteiger partial charge in [-0.25, -0.2) is 0 Å². The van der Waals surface area contributed by atoms with Crippen LogP contribution in [0.5, 0.6) is 0 Å². The molecule has 1 aromatic carbocycles. The minimum absolute atomic E-state index is 0.207. The first-order chi connectivity index (χ1) is 9.25. The van der Waals surface area contributed by atoms with E-state index in [1.54, 1.807) is 0 Å². The van der Waals surface area contributed by atoms with Gasteiger partial charge in [-0.3, -0.25) is 4.79 Å². The summed E-state index contributed by atoms with van der Waals surface area (Å²) < 4.78 is 0. The number of likely N-dealkylation sites (N-methyl/N-ethyl adjacent to an activating group) is 1. The Morgan fingerprint density at radius 1 is 1.16 bits per heavy atom. The zero-order valence-electron chi connectivity index (χ0n) is 11.5. The van der Waals surface area contributed by atoms with E-state index in [2.05, 4.69) is 36.4 Å². The minimum Gasteiger partial charge on any atom is -0.342 e. The largest absolute Gasteiger partial charge is 0.342 e. The molecule has 0 spiro atoms. The first kappa shape index (κ1) is 12.5. The van der Waals surface area contributed by atoms with Crippen LogP contribution in [0.25, 0.3) is 0 Å².